The van der Waals surface area contributed by atoms with Gasteiger partial charge in [-0.3, -0.25) is 0 Å². The molecule has 1 heterocycles. The zero-order valence-corrected chi connectivity index (χ0v) is 8.78. The first-order valence-electron chi connectivity index (χ1n) is 3.91. The summed E-state index contributed by atoms with van der Waals surface area (Å²) >= 11 is 3.33. The van der Waals surface area contributed by atoms with Crippen LogP contribution in [0.2, 0.25) is 0 Å². The average Bonchev–Trinajstić information content (AvgIpc) is 2.53. The fraction of sp³-hybridized carbons (Fsp3) is 0.100. The molecule has 2 aromatic rings. The first kappa shape index (κ1) is 8.78. The number of rotatable bonds is 2. The van der Waals surface area contributed by atoms with Crippen LogP contribution in [0.25, 0.3) is 0 Å². The molecule has 0 saturated carbocycles. The summed E-state index contributed by atoms with van der Waals surface area (Å²) in [6, 6.07) is 11.1. The van der Waals surface area contributed by atoms with Crippen LogP contribution in [-0.2, 0) is 0 Å². The molecule has 0 amide bonds. The number of nitrogens with zero attached hydrogens (tertiary/aromatic N) is 1. The van der Waals surface area contributed by atoms with Crippen LogP contribution in [0.5, 0.6) is 0 Å². The molecular weight excluding hydrogens is 198 g/mol. The van der Waals surface area contributed by atoms with E-state index < -0.39 is 0 Å². The van der Waals surface area contributed by atoms with Gasteiger partial charge in [0, 0.05) is 10.3 Å². The monoisotopic (exact) mass is 206 g/mol. The Morgan fingerprint density at radius 1 is 1.46 bits per heavy atom. The van der Waals surface area contributed by atoms with E-state index in [4.69, 9.17) is 0 Å². The summed E-state index contributed by atoms with van der Waals surface area (Å²) in [4.78, 5) is 5.49. The molecule has 0 unspecified atom stereocenters. The Bertz CT molecular complexity index is 381. The van der Waals surface area contributed by atoms with Crippen molar-refractivity contribution >= 4 is 23.1 Å². The van der Waals surface area contributed by atoms with Crippen LogP contribution in [0.3, 0.4) is 0 Å². The fourth-order valence-electron chi connectivity index (χ4n) is 0.943. The van der Waals surface area contributed by atoms with Gasteiger partial charge in [0.05, 0.1) is 5.01 Å². The largest absolute Gasteiger partial charge is 0.235 e. The lowest BCUT2D eigenvalue weighted by Crippen LogP contribution is -1.73. The minimum absolute atomic E-state index is 1.06. The maximum Gasteiger partial charge on any atom is 0.112 e. The maximum atomic E-state index is 4.37. The third-order valence-electron chi connectivity index (χ3n) is 1.49. The van der Waals surface area contributed by atoms with Crippen molar-refractivity contribution in [3.05, 3.63) is 40.7 Å². The Kier molecular flexibility index (Phi) is 2.66. The van der Waals surface area contributed by atoms with Gasteiger partial charge < -0.3 is 0 Å². The molecule has 2 rings (SSSR count). The third kappa shape index (κ3) is 2.32. The topological polar surface area (TPSA) is 12.9 Å². The van der Waals surface area contributed by atoms with Crippen molar-refractivity contribution in [1.82, 2.24) is 4.98 Å². The number of benzene rings is 1. The second-order valence-corrected chi connectivity index (χ2v) is 4.66. The highest BCUT2D eigenvalue weighted by Crippen LogP contribution is 2.27. The van der Waals surface area contributed by atoms with Crippen molar-refractivity contribution in [1.29, 1.82) is 0 Å². The van der Waals surface area contributed by atoms with Crippen molar-refractivity contribution in [2.75, 3.05) is 0 Å². The number of hydrogen-bond acceptors (Lipinski definition) is 3. The molecule has 1 aromatic heterocycles. The first-order valence-corrected chi connectivity index (χ1v) is 5.61. The Balaban J connectivity index is 2.15. The van der Waals surface area contributed by atoms with Crippen LogP contribution in [0.15, 0.2) is 39.6 Å². The van der Waals surface area contributed by atoms with Crippen molar-refractivity contribution in [3.63, 3.8) is 0 Å². The zero-order chi connectivity index (χ0) is 9.10. The molecule has 0 spiro atoms. The highest BCUT2D eigenvalue weighted by molar-refractivity contribution is 7.99. The molecule has 1 radical (unpaired) electrons. The summed E-state index contributed by atoms with van der Waals surface area (Å²) in [6.45, 7) is 2.02. The normalized spacial score (nSPS) is 10.2. The second kappa shape index (κ2) is 3.94. The molecule has 1 nitrogen and oxygen atoms in total. The van der Waals surface area contributed by atoms with Gasteiger partial charge in [0.1, 0.15) is 5.03 Å². The van der Waals surface area contributed by atoms with Gasteiger partial charge in [-0.05, 0) is 19.1 Å². The lowest BCUT2D eigenvalue weighted by Gasteiger charge is -1.94. The van der Waals surface area contributed by atoms with E-state index in [9.17, 15) is 0 Å². The lowest BCUT2D eigenvalue weighted by atomic mass is 10.4. The van der Waals surface area contributed by atoms with Gasteiger partial charge in [-0.15, -0.1) is 11.3 Å². The van der Waals surface area contributed by atoms with E-state index in [1.165, 1.54) is 0 Å². The zero-order valence-electron chi connectivity index (χ0n) is 7.15. The lowest BCUT2D eigenvalue weighted by molar-refractivity contribution is 1.14. The molecule has 0 aliphatic rings. The van der Waals surface area contributed by atoms with Crippen LogP contribution in [0.1, 0.15) is 5.01 Å². The quantitative estimate of drug-likeness (QED) is 0.747. The summed E-state index contributed by atoms with van der Waals surface area (Å²) in [7, 11) is 0. The van der Waals surface area contributed by atoms with Crippen LogP contribution < -0.4 is 0 Å². The van der Waals surface area contributed by atoms with Gasteiger partial charge in [-0.1, -0.05) is 30.0 Å². The van der Waals surface area contributed by atoms with Gasteiger partial charge in [-0.25, -0.2) is 4.98 Å². The van der Waals surface area contributed by atoms with Gasteiger partial charge in [0.15, 0.2) is 0 Å². The first-order chi connectivity index (χ1) is 6.34. The molecule has 0 aliphatic carbocycles. The Labute approximate surface area is 85.8 Å². The standard InChI is InChI=1S/C10H8NS2/c1-8-11-10(7-12-8)13-9-5-3-2-4-6-9/h2-5,7H,1H3. The minimum Gasteiger partial charge on any atom is -0.235 e. The van der Waals surface area contributed by atoms with Crippen LogP contribution >= 0.6 is 23.1 Å². The van der Waals surface area contributed by atoms with E-state index in [-0.39, 0.29) is 0 Å². The van der Waals surface area contributed by atoms with Crippen LogP contribution in [0, 0.1) is 13.0 Å². The summed E-state index contributed by atoms with van der Waals surface area (Å²) in [5.74, 6) is 0. The second-order valence-electron chi connectivity index (χ2n) is 2.53. The van der Waals surface area contributed by atoms with Gasteiger partial charge in [-0.2, -0.15) is 0 Å². The summed E-state index contributed by atoms with van der Waals surface area (Å²) in [6.07, 6.45) is 0. The molecule has 1 aromatic carbocycles. The van der Waals surface area contributed by atoms with Crippen molar-refractivity contribution < 1.29 is 0 Å². The number of aryl methyl sites for hydroxylation is 1. The molecule has 13 heavy (non-hydrogen) atoms. The van der Waals surface area contributed by atoms with Crippen LogP contribution in [-0.4, -0.2) is 4.98 Å². The third-order valence-corrected chi connectivity index (χ3v) is 3.31. The maximum absolute atomic E-state index is 4.37. The van der Waals surface area contributed by atoms with E-state index in [0.29, 0.717) is 0 Å². The van der Waals surface area contributed by atoms with Crippen molar-refractivity contribution in [2.24, 2.45) is 0 Å². The molecule has 0 bridgehead atoms. The highest BCUT2D eigenvalue weighted by atomic mass is 32.2. The Morgan fingerprint density at radius 3 is 3.00 bits per heavy atom. The van der Waals surface area contributed by atoms with E-state index >= 15 is 0 Å². The Morgan fingerprint density at radius 2 is 2.38 bits per heavy atom. The van der Waals surface area contributed by atoms with Gasteiger partial charge >= 0.3 is 0 Å². The SMILES string of the molecule is Cc1nc(Sc2[c]cccc2)cs1. The van der Waals surface area contributed by atoms with Crippen molar-refractivity contribution in [2.45, 2.75) is 16.8 Å². The van der Waals surface area contributed by atoms with E-state index in [1.807, 2.05) is 31.2 Å². The fourth-order valence-corrected chi connectivity index (χ4v) is 2.49. The molecule has 0 N–H and O–H groups in total. The summed E-state index contributed by atoms with van der Waals surface area (Å²) in [5.41, 5.74) is 0. The predicted molar refractivity (Wildman–Crippen MR) is 56.3 cm³/mol. The molecule has 0 atom stereocenters. The molecule has 3 heteroatoms. The average molecular weight is 206 g/mol. The number of thiazole rings is 1. The summed E-state index contributed by atoms with van der Waals surface area (Å²) in [5, 5.41) is 4.24. The molecule has 0 fully saturated rings. The van der Waals surface area contributed by atoms with Crippen molar-refractivity contribution in [3.8, 4) is 0 Å². The number of aromatic nitrogens is 1. The molecule has 0 saturated heterocycles. The van der Waals surface area contributed by atoms with Gasteiger partial charge in [0.25, 0.3) is 0 Å². The minimum atomic E-state index is 1.06. The Hall–Kier alpha value is -0.800. The smallest absolute Gasteiger partial charge is 0.112 e. The van der Waals surface area contributed by atoms with E-state index in [2.05, 4.69) is 16.4 Å². The van der Waals surface area contributed by atoms with E-state index in [0.717, 1.165) is 14.9 Å². The van der Waals surface area contributed by atoms with Crippen LogP contribution in [0.4, 0.5) is 0 Å². The number of hydrogen-bond donors (Lipinski definition) is 0. The van der Waals surface area contributed by atoms with Gasteiger partial charge in [0.2, 0.25) is 0 Å². The molecular formula is C10H8NS2. The highest BCUT2D eigenvalue weighted by Gasteiger charge is 1.99. The predicted octanol–water partition coefficient (Wildman–Crippen LogP) is 3.40. The summed E-state index contributed by atoms with van der Waals surface area (Å²) < 4.78 is 0. The molecule has 0 aliphatic heterocycles. The molecule has 65 valence electrons. The van der Waals surface area contributed by atoms with E-state index in [1.54, 1.807) is 23.1 Å².